The number of pyridine rings is 2. The van der Waals surface area contributed by atoms with E-state index in [9.17, 15) is 9.90 Å². The van der Waals surface area contributed by atoms with Crippen LogP contribution in [0.4, 0.5) is 0 Å². The smallest absolute Gasteiger partial charge is 0.375 e. The van der Waals surface area contributed by atoms with Crippen LogP contribution in [-0.4, -0.2) is 48.0 Å². The minimum absolute atomic E-state index is 0.00983. The topological polar surface area (TPSA) is 123 Å². The van der Waals surface area contributed by atoms with E-state index in [2.05, 4.69) is 20.1 Å². The Balaban J connectivity index is 2.13. The van der Waals surface area contributed by atoms with Crippen LogP contribution in [-0.2, 0) is 0 Å². The fraction of sp³-hybridized carbons (Fsp3) is 0.0714. The molecule has 3 aromatic heterocycles. The van der Waals surface area contributed by atoms with Crippen LogP contribution in [0.5, 0.6) is 11.6 Å². The Kier molecular flexibility index (Phi) is 3.59. The second-order valence-electron chi connectivity index (χ2n) is 4.44. The highest BCUT2D eigenvalue weighted by atomic mass is 16.5. The van der Waals surface area contributed by atoms with Gasteiger partial charge in [0.15, 0.2) is 5.82 Å². The van der Waals surface area contributed by atoms with Crippen molar-refractivity contribution in [2.24, 2.45) is 0 Å². The highest BCUT2D eigenvalue weighted by Crippen LogP contribution is 2.21. The van der Waals surface area contributed by atoms with Gasteiger partial charge < -0.3 is 14.9 Å². The summed E-state index contributed by atoms with van der Waals surface area (Å²) in [4.78, 5) is 23.2. The molecular formula is C14H11N5O4. The fourth-order valence-electron chi connectivity index (χ4n) is 1.89. The lowest BCUT2D eigenvalue weighted by Crippen LogP contribution is -2.03. The number of rotatable bonds is 4. The predicted molar refractivity (Wildman–Crippen MR) is 77.6 cm³/mol. The van der Waals surface area contributed by atoms with Crippen LogP contribution in [0.1, 0.15) is 10.6 Å². The molecule has 0 fully saturated rings. The SMILES string of the molecule is COc1ccc(-n2nc(C(=O)O)nc2-c2ccc(O)cn2)cn1. The van der Waals surface area contributed by atoms with Gasteiger partial charge in [-0.25, -0.2) is 19.4 Å². The molecule has 0 aliphatic carbocycles. The number of hydrogen-bond donors (Lipinski definition) is 2. The summed E-state index contributed by atoms with van der Waals surface area (Å²) in [6.45, 7) is 0. The van der Waals surface area contributed by atoms with Crippen molar-refractivity contribution in [3.63, 3.8) is 0 Å². The molecule has 3 aromatic rings. The molecule has 0 spiro atoms. The van der Waals surface area contributed by atoms with E-state index in [1.165, 1.54) is 36.3 Å². The molecule has 0 saturated carbocycles. The molecule has 23 heavy (non-hydrogen) atoms. The molecule has 0 atom stereocenters. The summed E-state index contributed by atoms with van der Waals surface area (Å²) < 4.78 is 6.30. The monoisotopic (exact) mass is 313 g/mol. The van der Waals surface area contributed by atoms with E-state index in [4.69, 9.17) is 9.84 Å². The molecule has 0 saturated heterocycles. The maximum Gasteiger partial charge on any atom is 0.375 e. The summed E-state index contributed by atoms with van der Waals surface area (Å²) >= 11 is 0. The number of nitrogens with zero attached hydrogens (tertiary/aromatic N) is 5. The zero-order chi connectivity index (χ0) is 16.4. The summed E-state index contributed by atoms with van der Waals surface area (Å²) in [5, 5.41) is 22.4. The zero-order valence-electron chi connectivity index (χ0n) is 11.9. The van der Waals surface area contributed by atoms with E-state index in [0.29, 0.717) is 17.3 Å². The van der Waals surface area contributed by atoms with Gasteiger partial charge in [0.25, 0.3) is 5.82 Å². The Labute approximate surface area is 129 Å². The number of aromatic carboxylic acids is 1. The molecule has 0 amide bonds. The quantitative estimate of drug-likeness (QED) is 0.735. The number of hydrogen-bond acceptors (Lipinski definition) is 7. The Morgan fingerprint density at radius 3 is 2.57 bits per heavy atom. The van der Waals surface area contributed by atoms with Gasteiger partial charge in [-0.05, 0) is 18.2 Å². The van der Waals surface area contributed by atoms with E-state index in [-0.39, 0.29) is 17.4 Å². The molecule has 3 rings (SSSR count). The zero-order valence-corrected chi connectivity index (χ0v) is 11.9. The predicted octanol–water partition coefficient (Wildman–Crippen LogP) is 1.14. The van der Waals surface area contributed by atoms with Crippen molar-refractivity contribution in [1.29, 1.82) is 0 Å². The number of aromatic hydroxyl groups is 1. The molecular weight excluding hydrogens is 302 g/mol. The third kappa shape index (κ3) is 2.79. The second kappa shape index (κ2) is 5.72. The number of methoxy groups -OCH3 is 1. The molecule has 9 heteroatoms. The summed E-state index contributed by atoms with van der Waals surface area (Å²) in [5.41, 5.74) is 0.856. The summed E-state index contributed by atoms with van der Waals surface area (Å²) in [6.07, 6.45) is 2.71. The average molecular weight is 313 g/mol. The van der Waals surface area contributed by atoms with Gasteiger partial charge in [-0.1, -0.05) is 0 Å². The minimum atomic E-state index is -1.26. The van der Waals surface area contributed by atoms with Crippen LogP contribution in [0.25, 0.3) is 17.2 Å². The van der Waals surface area contributed by atoms with Gasteiger partial charge in [0.05, 0.1) is 25.2 Å². The third-order valence-electron chi connectivity index (χ3n) is 2.95. The van der Waals surface area contributed by atoms with Crippen molar-refractivity contribution >= 4 is 5.97 Å². The third-order valence-corrected chi connectivity index (χ3v) is 2.95. The normalized spacial score (nSPS) is 10.5. The Hall–Kier alpha value is -3.49. The van der Waals surface area contributed by atoms with Crippen LogP contribution in [0.15, 0.2) is 36.7 Å². The van der Waals surface area contributed by atoms with E-state index in [0.717, 1.165) is 0 Å². The Morgan fingerprint density at radius 1 is 1.17 bits per heavy atom. The maximum absolute atomic E-state index is 11.1. The number of carboxylic acid groups (broad SMARTS) is 1. The first-order chi connectivity index (χ1) is 11.1. The number of ether oxygens (including phenoxy) is 1. The van der Waals surface area contributed by atoms with E-state index in [1.807, 2.05) is 0 Å². The summed E-state index contributed by atoms with van der Waals surface area (Å²) in [5.74, 6) is -1.01. The minimum Gasteiger partial charge on any atom is -0.506 e. The van der Waals surface area contributed by atoms with Crippen LogP contribution in [0.3, 0.4) is 0 Å². The lowest BCUT2D eigenvalue weighted by atomic mass is 10.3. The van der Waals surface area contributed by atoms with Crippen molar-refractivity contribution in [1.82, 2.24) is 24.7 Å². The van der Waals surface area contributed by atoms with Crippen molar-refractivity contribution in [3.05, 3.63) is 42.5 Å². The molecule has 2 N–H and O–H groups in total. The molecule has 0 unspecified atom stereocenters. The molecule has 0 bridgehead atoms. The summed E-state index contributed by atoms with van der Waals surface area (Å²) in [6, 6.07) is 6.22. The van der Waals surface area contributed by atoms with Gasteiger partial charge in [0, 0.05) is 6.07 Å². The Bertz CT molecular complexity index is 843. The molecule has 0 aliphatic heterocycles. The van der Waals surface area contributed by atoms with Crippen LogP contribution in [0.2, 0.25) is 0 Å². The van der Waals surface area contributed by atoms with Crippen molar-refractivity contribution in [2.45, 2.75) is 0 Å². The molecule has 116 valence electrons. The van der Waals surface area contributed by atoms with Crippen LogP contribution in [0, 0.1) is 0 Å². The highest BCUT2D eigenvalue weighted by molar-refractivity contribution is 5.83. The van der Waals surface area contributed by atoms with Gasteiger partial charge in [-0.15, -0.1) is 5.10 Å². The number of carbonyl (C=O) groups is 1. The van der Waals surface area contributed by atoms with Gasteiger partial charge in [-0.3, -0.25) is 0 Å². The number of aromatic nitrogens is 5. The Morgan fingerprint density at radius 2 is 2.00 bits per heavy atom. The summed E-state index contributed by atoms with van der Waals surface area (Å²) in [7, 11) is 1.49. The largest absolute Gasteiger partial charge is 0.506 e. The number of carboxylic acids is 1. The molecule has 3 heterocycles. The lowest BCUT2D eigenvalue weighted by Gasteiger charge is -2.05. The standard InChI is InChI=1S/C14H11N5O4/c1-23-11-5-2-8(6-16-11)19-13(17-12(18-19)14(21)22)10-4-3-9(20)7-15-10/h2-7,20H,1H3,(H,21,22). The van der Waals surface area contributed by atoms with Crippen LogP contribution >= 0.6 is 0 Å². The second-order valence-corrected chi connectivity index (χ2v) is 4.44. The van der Waals surface area contributed by atoms with E-state index < -0.39 is 5.97 Å². The lowest BCUT2D eigenvalue weighted by molar-refractivity contribution is 0.0683. The van der Waals surface area contributed by atoms with Crippen molar-refractivity contribution < 1.29 is 19.7 Å². The first-order valence-corrected chi connectivity index (χ1v) is 6.44. The average Bonchev–Trinajstić information content (AvgIpc) is 3.01. The van der Waals surface area contributed by atoms with E-state index >= 15 is 0 Å². The molecule has 9 nitrogen and oxygen atoms in total. The molecule has 0 aliphatic rings. The van der Waals surface area contributed by atoms with Crippen LogP contribution < -0.4 is 4.74 Å². The van der Waals surface area contributed by atoms with Gasteiger partial charge in [0.1, 0.15) is 11.4 Å². The van der Waals surface area contributed by atoms with Gasteiger partial charge in [0.2, 0.25) is 5.88 Å². The van der Waals surface area contributed by atoms with Crippen molar-refractivity contribution in [3.8, 4) is 28.8 Å². The van der Waals surface area contributed by atoms with Crippen molar-refractivity contribution in [2.75, 3.05) is 7.11 Å². The maximum atomic E-state index is 11.1. The van der Waals surface area contributed by atoms with Gasteiger partial charge in [-0.2, -0.15) is 4.98 Å². The highest BCUT2D eigenvalue weighted by Gasteiger charge is 2.19. The molecule has 0 aromatic carbocycles. The van der Waals surface area contributed by atoms with Gasteiger partial charge >= 0.3 is 5.97 Å². The first kappa shape index (κ1) is 14.4. The first-order valence-electron chi connectivity index (χ1n) is 6.44. The fourth-order valence-corrected chi connectivity index (χ4v) is 1.89. The molecule has 0 radical (unpaired) electrons. The van der Waals surface area contributed by atoms with E-state index in [1.54, 1.807) is 12.1 Å².